The van der Waals surface area contributed by atoms with Gasteiger partial charge in [-0.15, -0.1) is 0 Å². The molecule has 6 N–H and O–H groups in total. The van der Waals surface area contributed by atoms with Crippen molar-refractivity contribution >= 4 is 0 Å². The van der Waals surface area contributed by atoms with Crippen molar-refractivity contribution in [3.8, 4) is 5.75 Å². The minimum Gasteiger partial charge on any atom is -0.462 e. The van der Waals surface area contributed by atoms with E-state index < -0.39 is 18.5 Å². The van der Waals surface area contributed by atoms with Gasteiger partial charge in [-0.1, -0.05) is 46.4 Å². The number of nitrogens with two attached hydrogens (primary N) is 1. The molecule has 1 rings (SSSR count). The Morgan fingerprint density at radius 1 is 1.04 bits per heavy atom. The van der Waals surface area contributed by atoms with Crippen LogP contribution in [0.3, 0.4) is 0 Å². The van der Waals surface area contributed by atoms with E-state index >= 15 is 0 Å². The lowest BCUT2D eigenvalue weighted by Crippen LogP contribution is -2.41. The lowest BCUT2D eigenvalue weighted by Gasteiger charge is -2.23. The van der Waals surface area contributed by atoms with Crippen molar-refractivity contribution in [2.75, 3.05) is 13.7 Å². The number of aliphatic hydroxyl groups excluding tert-OH is 4. The Bertz CT molecular complexity index is 409. The molecule has 3 unspecified atom stereocenters. The van der Waals surface area contributed by atoms with Gasteiger partial charge in [-0.25, -0.2) is 0 Å². The molecule has 0 radical (unpaired) electrons. The first-order chi connectivity index (χ1) is 12.0. The largest absolute Gasteiger partial charge is 0.462 e. The summed E-state index contributed by atoms with van der Waals surface area (Å²) in [6.45, 7) is 13.6. The van der Waals surface area contributed by atoms with E-state index in [-0.39, 0.29) is 0 Å². The second-order valence-corrected chi connectivity index (χ2v) is 4.47. The van der Waals surface area contributed by atoms with Crippen molar-refractivity contribution in [2.24, 2.45) is 5.73 Å². The second kappa shape index (κ2) is 18.9. The van der Waals surface area contributed by atoms with Crippen LogP contribution in [0.2, 0.25) is 0 Å². The van der Waals surface area contributed by atoms with Crippen LogP contribution in [0.1, 0.15) is 40.2 Å². The number of benzene rings is 1. The molecule has 0 aromatic heterocycles. The van der Waals surface area contributed by atoms with Gasteiger partial charge in [0.15, 0.2) is 0 Å². The minimum absolute atomic E-state index is 0.355. The molecule has 1 aromatic rings. The van der Waals surface area contributed by atoms with Gasteiger partial charge in [0.1, 0.15) is 18.0 Å². The molecule has 25 heavy (non-hydrogen) atoms. The average Bonchev–Trinajstić information content (AvgIpc) is 2.67. The van der Waals surface area contributed by atoms with Crippen LogP contribution in [0.15, 0.2) is 36.4 Å². The third-order valence-corrected chi connectivity index (χ3v) is 2.73. The standard InChI is InChI=1S/C14H21NO4.2C2H6.CH4O/c1-9(2)12(16)13(17)14(18)19-11-5-3-10(4-6-11)7-8-15;3*1-2/h3-6,12-14,16-18H,1,7-8,15H2,2H3;2*1-2H3;2H,1H3. The van der Waals surface area contributed by atoms with Crippen LogP contribution in [-0.4, -0.2) is 52.6 Å². The lowest BCUT2D eigenvalue weighted by atomic mass is 10.1. The van der Waals surface area contributed by atoms with Gasteiger partial charge in [0.2, 0.25) is 6.29 Å². The van der Waals surface area contributed by atoms with Crippen molar-refractivity contribution in [1.29, 1.82) is 0 Å². The van der Waals surface area contributed by atoms with E-state index in [2.05, 4.69) is 6.58 Å². The van der Waals surface area contributed by atoms with Crippen molar-refractivity contribution in [3.63, 3.8) is 0 Å². The smallest absolute Gasteiger partial charge is 0.226 e. The van der Waals surface area contributed by atoms with Gasteiger partial charge in [-0.2, -0.15) is 0 Å². The average molecular weight is 360 g/mol. The van der Waals surface area contributed by atoms with E-state index in [1.54, 1.807) is 19.1 Å². The van der Waals surface area contributed by atoms with E-state index in [4.69, 9.17) is 15.6 Å². The molecule has 0 heterocycles. The summed E-state index contributed by atoms with van der Waals surface area (Å²) in [5.41, 5.74) is 6.86. The zero-order valence-corrected chi connectivity index (χ0v) is 16.4. The number of hydrogen-bond donors (Lipinski definition) is 5. The molecule has 1 aromatic carbocycles. The van der Waals surface area contributed by atoms with Crippen LogP contribution in [0.4, 0.5) is 0 Å². The van der Waals surface area contributed by atoms with Crippen LogP contribution in [-0.2, 0) is 6.42 Å². The fraction of sp³-hybridized carbons (Fsp3) is 0.579. The van der Waals surface area contributed by atoms with Gasteiger partial charge in [0.25, 0.3) is 0 Å². The maximum absolute atomic E-state index is 9.67. The molecule has 0 amide bonds. The van der Waals surface area contributed by atoms with Crippen LogP contribution < -0.4 is 10.5 Å². The van der Waals surface area contributed by atoms with Crippen LogP contribution >= 0.6 is 0 Å². The molecule has 0 fully saturated rings. The van der Waals surface area contributed by atoms with Gasteiger partial charge in [0, 0.05) is 7.11 Å². The molecular formula is C19H37NO5. The maximum atomic E-state index is 9.67. The molecule has 6 heteroatoms. The molecule has 0 aliphatic heterocycles. The Labute approximate surface area is 152 Å². The Morgan fingerprint density at radius 3 is 1.84 bits per heavy atom. The topological polar surface area (TPSA) is 116 Å². The quantitative estimate of drug-likeness (QED) is 0.375. The van der Waals surface area contributed by atoms with Crippen molar-refractivity contribution in [1.82, 2.24) is 0 Å². The molecule has 148 valence electrons. The predicted molar refractivity (Wildman–Crippen MR) is 104 cm³/mol. The van der Waals surface area contributed by atoms with Crippen LogP contribution in [0, 0.1) is 0 Å². The Balaban J connectivity index is -0.000000725. The van der Waals surface area contributed by atoms with Gasteiger partial charge in [-0.05, 0) is 43.2 Å². The van der Waals surface area contributed by atoms with E-state index in [1.165, 1.54) is 0 Å². The number of ether oxygens (including phenoxy) is 1. The fourth-order valence-corrected chi connectivity index (χ4v) is 1.56. The highest BCUT2D eigenvalue weighted by molar-refractivity contribution is 5.27. The predicted octanol–water partition coefficient (Wildman–Crippen LogP) is 1.84. The van der Waals surface area contributed by atoms with Crippen LogP contribution in [0.5, 0.6) is 5.75 Å². The summed E-state index contributed by atoms with van der Waals surface area (Å²) in [4.78, 5) is 0. The zero-order valence-electron chi connectivity index (χ0n) is 16.4. The van der Waals surface area contributed by atoms with Crippen molar-refractivity contribution < 1.29 is 25.2 Å². The van der Waals surface area contributed by atoms with Gasteiger partial charge in [-0.3, -0.25) is 0 Å². The van der Waals surface area contributed by atoms with E-state index in [0.29, 0.717) is 17.9 Å². The van der Waals surface area contributed by atoms with E-state index in [9.17, 15) is 15.3 Å². The first kappa shape index (κ1) is 28.4. The molecular weight excluding hydrogens is 322 g/mol. The molecule has 0 bridgehead atoms. The van der Waals surface area contributed by atoms with E-state index in [1.807, 2.05) is 39.8 Å². The number of hydrogen-bond acceptors (Lipinski definition) is 6. The highest BCUT2D eigenvalue weighted by Gasteiger charge is 2.26. The van der Waals surface area contributed by atoms with Crippen LogP contribution in [0.25, 0.3) is 0 Å². The Hall–Kier alpha value is -1.44. The molecule has 0 aliphatic rings. The molecule has 6 nitrogen and oxygen atoms in total. The third-order valence-electron chi connectivity index (χ3n) is 2.73. The fourth-order valence-electron chi connectivity index (χ4n) is 1.56. The van der Waals surface area contributed by atoms with Crippen molar-refractivity contribution in [2.45, 2.75) is 59.5 Å². The van der Waals surface area contributed by atoms with Gasteiger partial charge in [0.05, 0.1) is 0 Å². The lowest BCUT2D eigenvalue weighted by molar-refractivity contribution is -0.135. The number of aliphatic hydroxyl groups is 4. The summed E-state index contributed by atoms with van der Waals surface area (Å²) in [5.74, 6) is 0.404. The molecule has 0 saturated carbocycles. The minimum atomic E-state index is -1.52. The molecule has 0 saturated heterocycles. The maximum Gasteiger partial charge on any atom is 0.226 e. The van der Waals surface area contributed by atoms with Crippen molar-refractivity contribution in [3.05, 3.63) is 42.0 Å². The summed E-state index contributed by atoms with van der Waals surface area (Å²) >= 11 is 0. The van der Waals surface area contributed by atoms with E-state index in [0.717, 1.165) is 19.1 Å². The highest BCUT2D eigenvalue weighted by atomic mass is 16.6. The second-order valence-electron chi connectivity index (χ2n) is 4.47. The summed E-state index contributed by atoms with van der Waals surface area (Å²) in [7, 11) is 1.00. The molecule has 0 spiro atoms. The summed E-state index contributed by atoms with van der Waals surface area (Å²) in [6.07, 6.45) is -3.43. The van der Waals surface area contributed by atoms with Gasteiger partial charge >= 0.3 is 0 Å². The first-order valence-corrected chi connectivity index (χ1v) is 8.55. The monoisotopic (exact) mass is 359 g/mol. The van der Waals surface area contributed by atoms with Gasteiger partial charge < -0.3 is 30.9 Å². The third kappa shape index (κ3) is 12.6. The Morgan fingerprint density at radius 2 is 1.48 bits per heavy atom. The molecule has 0 aliphatic carbocycles. The first-order valence-electron chi connectivity index (χ1n) is 8.55. The number of rotatable bonds is 7. The Kier molecular flexibility index (Phi) is 21.4. The highest BCUT2D eigenvalue weighted by Crippen LogP contribution is 2.16. The normalized spacial score (nSPS) is 12.6. The summed E-state index contributed by atoms with van der Waals surface area (Å²) in [6, 6.07) is 7.01. The summed E-state index contributed by atoms with van der Waals surface area (Å²) < 4.78 is 5.15. The SMILES string of the molecule is C=C(C)C(O)C(O)C(O)Oc1ccc(CCN)cc1.CC.CC.CO. The molecule has 3 atom stereocenters. The summed E-state index contributed by atoms with van der Waals surface area (Å²) in [5, 5.41) is 35.9. The zero-order chi connectivity index (χ0) is 20.4.